The number of benzene rings is 2. The Hall–Kier alpha value is -2.57. The molecule has 1 atom stereocenters. The van der Waals surface area contributed by atoms with Gasteiger partial charge in [-0.2, -0.15) is 0 Å². The van der Waals surface area contributed by atoms with Crippen molar-refractivity contribution >= 4 is 29.0 Å². The van der Waals surface area contributed by atoms with Gasteiger partial charge in [-0.15, -0.1) is 0 Å². The van der Waals surface area contributed by atoms with Crippen molar-refractivity contribution in [3.63, 3.8) is 0 Å². The molecule has 2 aromatic carbocycles. The molecule has 0 aromatic heterocycles. The second-order valence-corrected chi connectivity index (χ2v) is 7.08. The molecule has 0 aliphatic carbocycles. The van der Waals surface area contributed by atoms with Crippen LogP contribution in [-0.2, 0) is 10.4 Å². The van der Waals surface area contributed by atoms with Crippen molar-refractivity contribution in [2.45, 2.75) is 25.4 Å². The van der Waals surface area contributed by atoms with Gasteiger partial charge in [0.05, 0.1) is 26.3 Å². The van der Waals surface area contributed by atoms with Gasteiger partial charge in [0.1, 0.15) is 0 Å². The van der Waals surface area contributed by atoms with E-state index in [1.54, 1.807) is 30.3 Å². The second kappa shape index (κ2) is 7.81. The quantitative estimate of drug-likeness (QED) is 0.715. The van der Waals surface area contributed by atoms with Crippen molar-refractivity contribution in [2.24, 2.45) is 0 Å². The highest BCUT2D eigenvalue weighted by atomic mass is 35.5. The predicted molar refractivity (Wildman–Crippen MR) is 106 cm³/mol. The lowest BCUT2D eigenvalue weighted by molar-refractivity contribution is -0.135. The molecule has 0 saturated carbocycles. The Morgan fingerprint density at radius 1 is 1.14 bits per heavy atom. The number of fused-ring (bicyclic) bond motifs is 1. The van der Waals surface area contributed by atoms with Gasteiger partial charge in [-0.05, 0) is 42.8 Å². The van der Waals surface area contributed by atoms with Crippen molar-refractivity contribution in [3.8, 4) is 11.5 Å². The fraction of sp³-hybridized carbons (Fsp3) is 0.333. The zero-order valence-electron chi connectivity index (χ0n) is 16.0. The largest absolute Gasteiger partial charge is 0.493 e. The van der Waals surface area contributed by atoms with E-state index in [4.69, 9.17) is 21.1 Å². The van der Waals surface area contributed by atoms with Crippen LogP contribution in [0, 0.1) is 0 Å². The van der Waals surface area contributed by atoms with E-state index in [0.717, 1.165) is 0 Å². The molecule has 0 fully saturated rings. The van der Waals surface area contributed by atoms with Gasteiger partial charge in [0.2, 0.25) is 0 Å². The van der Waals surface area contributed by atoms with E-state index in [1.807, 2.05) is 6.92 Å². The number of amides is 1. The summed E-state index contributed by atoms with van der Waals surface area (Å²) in [6, 6.07) is 9.64. The number of carbonyl (C=O) groups is 2. The first-order valence-corrected chi connectivity index (χ1v) is 9.33. The molecule has 1 aliphatic heterocycles. The van der Waals surface area contributed by atoms with Crippen LogP contribution in [0.3, 0.4) is 0 Å². The molecule has 1 aliphatic rings. The number of nitrogens with zero attached hydrogens (tertiary/aromatic N) is 1. The van der Waals surface area contributed by atoms with Crippen LogP contribution in [-0.4, -0.2) is 37.6 Å². The molecular weight excluding hydrogens is 382 g/mol. The van der Waals surface area contributed by atoms with Gasteiger partial charge in [0.15, 0.2) is 22.9 Å². The highest BCUT2D eigenvalue weighted by Crippen LogP contribution is 2.44. The van der Waals surface area contributed by atoms with Crippen LogP contribution >= 0.6 is 11.6 Å². The van der Waals surface area contributed by atoms with Gasteiger partial charge in [0, 0.05) is 22.7 Å². The smallest absolute Gasteiger partial charge is 0.264 e. The zero-order valence-corrected chi connectivity index (χ0v) is 16.7. The average Bonchev–Trinajstić information content (AvgIpc) is 2.89. The van der Waals surface area contributed by atoms with Gasteiger partial charge >= 0.3 is 0 Å². The molecule has 7 heteroatoms. The number of hydrogen-bond acceptors (Lipinski definition) is 5. The predicted octanol–water partition coefficient (Wildman–Crippen LogP) is 3.57. The normalized spacial score (nSPS) is 18.2. The Balaban J connectivity index is 1.98. The Morgan fingerprint density at radius 2 is 1.86 bits per heavy atom. The first-order valence-electron chi connectivity index (χ1n) is 8.95. The van der Waals surface area contributed by atoms with E-state index in [2.05, 4.69) is 0 Å². The Labute approximate surface area is 168 Å². The molecule has 0 spiro atoms. The molecule has 0 bridgehead atoms. The molecule has 1 amide bonds. The number of methoxy groups -OCH3 is 2. The summed E-state index contributed by atoms with van der Waals surface area (Å²) in [5.41, 5.74) is -0.706. The maximum atomic E-state index is 13.0. The van der Waals surface area contributed by atoms with E-state index in [1.165, 1.54) is 25.2 Å². The molecule has 1 heterocycles. The Bertz CT molecular complexity index is 929. The number of hydrogen-bond donors (Lipinski definition) is 1. The summed E-state index contributed by atoms with van der Waals surface area (Å²) >= 11 is 6.09. The average molecular weight is 404 g/mol. The highest BCUT2D eigenvalue weighted by molar-refractivity contribution is 6.31. The van der Waals surface area contributed by atoms with Gasteiger partial charge < -0.3 is 19.5 Å². The van der Waals surface area contributed by atoms with Crippen molar-refractivity contribution in [1.29, 1.82) is 0 Å². The first-order chi connectivity index (χ1) is 13.3. The fourth-order valence-electron chi connectivity index (χ4n) is 3.48. The van der Waals surface area contributed by atoms with Crippen LogP contribution in [0.5, 0.6) is 11.5 Å². The zero-order chi connectivity index (χ0) is 20.5. The fourth-order valence-corrected chi connectivity index (χ4v) is 3.66. The van der Waals surface area contributed by atoms with Gasteiger partial charge in [-0.25, -0.2) is 0 Å². The van der Waals surface area contributed by atoms with Crippen LogP contribution < -0.4 is 14.4 Å². The third-order valence-corrected chi connectivity index (χ3v) is 5.10. The number of rotatable bonds is 7. The van der Waals surface area contributed by atoms with Crippen molar-refractivity contribution in [2.75, 3.05) is 25.7 Å². The number of Topliss-reactive ketones (excluding diaryl/α,β-unsaturated/α-hetero) is 1. The summed E-state index contributed by atoms with van der Waals surface area (Å²) in [6.45, 7) is 2.38. The lowest BCUT2D eigenvalue weighted by Gasteiger charge is -2.22. The molecule has 2 aromatic rings. The van der Waals surface area contributed by atoms with Crippen LogP contribution in [0.4, 0.5) is 5.69 Å². The Morgan fingerprint density at radius 3 is 2.50 bits per heavy atom. The summed E-state index contributed by atoms with van der Waals surface area (Å²) in [5, 5.41) is 11.7. The number of anilines is 1. The molecule has 148 valence electrons. The number of ether oxygens (including phenoxy) is 2. The van der Waals surface area contributed by atoms with E-state index in [0.29, 0.717) is 46.3 Å². The minimum atomic E-state index is -1.96. The standard InChI is InChI=1S/C21H22ClNO5/c1-4-9-23-16-7-6-14(22)11-15(16)21(26,20(23)25)12-17(24)13-5-8-18(27-2)19(10-13)28-3/h5-8,10-11,26H,4,9,12H2,1-3H3/t21-/m0/s1. The van der Waals surface area contributed by atoms with Crippen LogP contribution in [0.1, 0.15) is 35.7 Å². The van der Waals surface area contributed by atoms with Crippen molar-refractivity contribution in [1.82, 2.24) is 0 Å². The van der Waals surface area contributed by atoms with Crippen molar-refractivity contribution in [3.05, 3.63) is 52.5 Å². The van der Waals surface area contributed by atoms with Gasteiger partial charge in [-0.1, -0.05) is 18.5 Å². The number of halogens is 1. The van der Waals surface area contributed by atoms with Crippen molar-refractivity contribution < 1.29 is 24.2 Å². The van der Waals surface area contributed by atoms with Crippen LogP contribution in [0.2, 0.25) is 5.02 Å². The SMILES string of the molecule is CCCN1C(=O)[C@](O)(CC(=O)c2ccc(OC)c(OC)c2)c2cc(Cl)ccc21. The monoisotopic (exact) mass is 403 g/mol. The third-order valence-electron chi connectivity index (χ3n) is 4.86. The minimum Gasteiger partial charge on any atom is -0.493 e. The lowest BCUT2D eigenvalue weighted by Crippen LogP contribution is -2.42. The lowest BCUT2D eigenvalue weighted by atomic mass is 9.88. The first kappa shape index (κ1) is 20.2. The topological polar surface area (TPSA) is 76.1 Å². The summed E-state index contributed by atoms with van der Waals surface area (Å²) in [5.74, 6) is -0.0170. The number of carbonyl (C=O) groups excluding carboxylic acids is 2. The second-order valence-electron chi connectivity index (χ2n) is 6.65. The van der Waals surface area contributed by atoms with E-state index in [-0.39, 0.29) is 5.78 Å². The summed E-state index contributed by atoms with van der Waals surface area (Å²) in [6.07, 6.45) is 0.322. The number of aliphatic hydroxyl groups is 1. The molecule has 0 saturated heterocycles. The Kier molecular flexibility index (Phi) is 5.63. The molecule has 0 radical (unpaired) electrons. The number of ketones is 1. The van der Waals surface area contributed by atoms with E-state index < -0.39 is 17.9 Å². The molecule has 0 unspecified atom stereocenters. The van der Waals surface area contributed by atoms with E-state index >= 15 is 0 Å². The summed E-state index contributed by atoms with van der Waals surface area (Å²) < 4.78 is 10.4. The van der Waals surface area contributed by atoms with Gasteiger partial charge in [0.25, 0.3) is 5.91 Å². The summed E-state index contributed by atoms with van der Waals surface area (Å²) in [4.78, 5) is 27.4. The molecule has 6 nitrogen and oxygen atoms in total. The molecule has 1 N–H and O–H groups in total. The van der Waals surface area contributed by atoms with Crippen LogP contribution in [0.15, 0.2) is 36.4 Å². The van der Waals surface area contributed by atoms with Crippen LogP contribution in [0.25, 0.3) is 0 Å². The minimum absolute atomic E-state index is 0.316. The third kappa shape index (κ3) is 3.34. The maximum Gasteiger partial charge on any atom is 0.264 e. The maximum absolute atomic E-state index is 13.0. The molecular formula is C21H22ClNO5. The van der Waals surface area contributed by atoms with E-state index in [9.17, 15) is 14.7 Å². The highest BCUT2D eigenvalue weighted by Gasteiger charge is 2.50. The molecule has 28 heavy (non-hydrogen) atoms. The molecule has 3 rings (SSSR count). The van der Waals surface area contributed by atoms with Gasteiger partial charge in [-0.3, -0.25) is 9.59 Å². The summed E-state index contributed by atoms with van der Waals surface area (Å²) in [7, 11) is 2.98.